The number of rotatable bonds is 6. The topological polar surface area (TPSA) is 78.3 Å². The number of carbonyl (C=O) groups excluding carboxylic acids is 1. The average Bonchev–Trinajstić information content (AvgIpc) is 2.94. The molecule has 0 aliphatic carbocycles. The molecule has 0 saturated carbocycles. The van der Waals surface area contributed by atoms with Crippen LogP contribution in [0.5, 0.6) is 0 Å². The second kappa shape index (κ2) is 7.19. The zero-order valence-electron chi connectivity index (χ0n) is 12.9. The first-order valence-electron chi connectivity index (χ1n) is 7.77. The molecule has 0 unspecified atom stereocenters. The SMILES string of the molecule is O=C1C[C@@H](Cc2cc(NCCO)ncn2)CN1c1ccccc1. The fourth-order valence-electron chi connectivity index (χ4n) is 2.86. The number of amides is 1. The molecule has 2 heterocycles. The smallest absolute Gasteiger partial charge is 0.227 e. The zero-order valence-corrected chi connectivity index (χ0v) is 12.9. The van der Waals surface area contributed by atoms with Crippen LogP contribution >= 0.6 is 0 Å². The first-order chi connectivity index (χ1) is 11.3. The quantitative estimate of drug-likeness (QED) is 0.844. The zero-order chi connectivity index (χ0) is 16.1. The summed E-state index contributed by atoms with van der Waals surface area (Å²) in [6.07, 6.45) is 2.80. The summed E-state index contributed by atoms with van der Waals surface area (Å²) in [6, 6.07) is 11.6. The molecule has 2 aromatic rings. The van der Waals surface area contributed by atoms with Gasteiger partial charge in [-0.1, -0.05) is 18.2 Å². The van der Waals surface area contributed by atoms with Gasteiger partial charge in [0.1, 0.15) is 12.1 Å². The highest BCUT2D eigenvalue weighted by Crippen LogP contribution is 2.26. The maximum absolute atomic E-state index is 12.2. The number of benzene rings is 1. The van der Waals surface area contributed by atoms with E-state index >= 15 is 0 Å². The predicted octanol–water partition coefficient (Wildman–Crippen LogP) is 1.48. The minimum atomic E-state index is 0.0580. The average molecular weight is 312 g/mol. The summed E-state index contributed by atoms with van der Waals surface area (Å²) in [5.74, 6) is 1.12. The number of aromatic nitrogens is 2. The summed E-state index contributed by atoms with van der Waals surface area (Å²) < 4.78 is 0. The van der Waals surface area contributed by atoms with Crippen LogP contribution in [0.25, 0.3) is 0 Å². The molecular weight excluding hydrogens is 292 g/mol. The van der Waals surface area contributed by atoms with E-state index in [-0.39, 0.29) is 18.4 Å². The van der Waals surface area contributed by atoms with Crippen LogP contribution in [-0.2, 0) is 11.2 Å². The van der Waals surface area contributed by atoms with Crippen molar-refractivity contribution in [2.24, 2.45) is 5.92 Å². The molecule has 1 fully saturated rings. The number of carbonyl (C=O) groups is 1. The van der Waals surface area contributed by atoms with E-state index in [1.54, 1.807) is 0 Å². The number of para-hydroxylation sites is 1. The lowest BCUT2D eigenvalue weighted by atomic mass is 10.0. The fraction of sp³-hybridized carbons (Fsp3) is 0.353. The Labute approximate surface area is 135 Å². The predicted molar refractivity (Wildman–Crippen MR) is 88.2 cm³/mol. The Bertz CT molecular complexity index is 663. The summed E-state index contributed by atoms with van der Waals surface area (Å²) in [5.41, 5.74) is 1.86. The molecule has 6 heteroatoms. The second-order valence-corrected chi connectivity index (χ2v) is 5.66. The Morgan fingerprint density at radius 2 is 2.09 bits per heavy atom. The third-order valence-electron chi connectivity index (χ3n) is 3.91. The second-order valence-electron chi connectivity index (χ2n) is 5.66. The monoisotopic (exact) mass is 312 g/mol. The van der Waals surface area contributed by atoms with Crippen molar-refractivity contribution in [2.45, 2.75) is 12.8 Å². The van der Waals surface area contributed by atoms with E-state index < -0.39 is 0 Å². The highest BCUT2D eigenvalue weighted by Gasteiger charge is 2.30. The summed E-state index contributed by atoms with van der Waals surface area (Å²) >= 11 is 0. The van der Waals surface area contributed by atoms with E-state index in [2.05, 4.69) is 15.3 Å². The van der Waals surface area contributed by atoms with E-state index in [1.165, 1.54) is 6.33 Å². The van der Waals surface area contributed by atoms with Gasteiger partial charge in [0.25, 0.3) is 0 Å². The van der Waals surface area contributed by atoms with Crippen molar-refractivity contribution in [2.75, 3.05) is 29.9 Å². The number of nitrogens with zero attached hydrogens (tertiary/aromatic N) is 3. The Morgan fingerprint density at radius 3 is 2.87 bits per heavy atom. The molecule has 1 aromatic heterocycles. The molecule has 23 heavy (non-hydrogen) atoms. The number of anilines is 2. The largest absolute Gasteiger partial charge is 0.395 e. The molecule has 2 N–H and O–H groups in total. The number of hydrogen-bond donors (Lipinski definition) is 2. The number of aliphatic hydroxyl groups is 1. The van der Waals surface area contributed by atoms with Crippen LogP contribution < -0.4 is 10.2 Å². The maximum Gasteiger partial charge on any atom is 0.227 e. The third kappa shape index (κ3) is 3.84. The van der Waals surface area contributed by atoms with Crippen molar-refractivity contribution in [1.29, 1.82) is 0 Å². The molecule has 1 aliphatic heterocycles. The lowest BCUT2D eigenvalue weighted by Crippen LogP contribution is -2.24. The minimum absolute atomic E-state index is 0.0580. The van der Waals surface area contributed by atoms with Gasteiger partial charge in [0.15, 0.2) is 0 Å². The van der Waals surface area contributed by atoms with Crippen LogP contribution in [0, 0.1) is 5.92 Å². The van der Waals surface area contributed by atoms with Gasteiger partial charge in [-0.15, -0.1) is 0 Å². The lowest BCUT2D eigenvalue weighted by Gasteiger charge is -2.16. The fourth-order valence-corrected chi connectivity index (χ4v) is 2.86. The van der Waals surface area contributed by atoms with Crippen LogP contribution in [0.15, 0.2) is 42.7 Å². The molecule has 0 spiro atoms. The van der Waals surface area contributed by atoms with Gasteiger partial charge in [-0.2, -0.15) is 0 Å². The van der Waals surface area contributed by atoms with Crippen molar-refractivity contribution in [3.05, 3.63) is 48.4 Å². The molecule has 0 radical (unpaired) electrons. The molecule has 3 rings (SSSR count). The van der Waals surface area contributed by atoms with Crippen molar-refractivity contribution < 1.29 is 9.90 Å². The molecule has 1 aliphatic rings. The van der Waals surface area contributed by atoms with Gasteiger partial charge >= 0.3 is 0 Å². The van der Waals surface area contributed by atoms with E-state index in [1.807, 2.05) is 41.3 Å². The maximum atomic E-state index is 12.2. The van der Waals surface area contributed by atoms with Gasteiger partial charge in [0, 0.05) is 37.0 Å². The summed E-state index contributed by atoms with van der Waals surface area (Å²) in [4.78, 5) is 22.5. The molecule has 1 amide bonds. The van der Waals surface area contributed by atoms with E-state index in [0.717, 1.165) is 17.8 Å². The van der Waals surface area contributed by atoms with Crippen LogP contribution in [0.2, 0.25) is 0 Å². The molecule has 0 bridgehead atoms. The summed E-state index contributed by atoms with van der Waals surface area (Å²) in [6.45, 7) is 1.23. The van der Waals surface area contributed by atoms with Gasteiger partial charge in [-0.25, -0.2) is 9.97 Å². The van der Waals surface area contributed by atoms with Gasteiger partial charge < -0.3 is 15.3 Å². The third-order valence-corrected chi connectivity index (χ3v) is 3.91. The summed E-state index contributed by atoms with van der Waals surface area (Å²) in [5, 5.41) is 11.9. The number of hydrogen-bond acceptors (Lipinski definition) is 5. The van der Waals surface area contributed by atoms with Gasteiger partial charge in [0.05, 0.1) is 6.61 Å². The first-order valence-corrected chi connectivity index (χ1v) is 7.77. The van der Waals surface area contributed by atoms with Crippen LogP contribution in [0.4, 0.5) is 11.5 Å². The first kappa shape index (κ1) is 15.4. The lowest BCUT2D eigenvalue weighted by molar-refractivity contribution is -0.117. The van der Waals surface area contributed by atoms with Crippen molar-refractivity contribution >= 4 is 17.4 Å². The number of nitrogens with one attached hydrogen (secondary N) is 1. The summed E-state index contributed by atoms with van der Waals surface area (Å²) in [7, 11) is 0. The highest BCUT2D eigenvalue weighted by atomic mass is 16.3. The standard InChI is InChI=1S/C17H20N4O2/c22-7-6-18-16-10-14(19-12-20-16)8-13-9-17(23)21(11-13)15-4-2-1-3-5-15/h1-5,10,12-13,22H,6-9,11H2,(H,18,19,20)/t13-/m1/s1. The van der Waals surface area contributed by atoms with Crippen LogP contribution in [-0.4, -0.2) is 40.7 Å². The molecular formula is C17H20N4O2. The Morgan fingerprint density at radius 1 is 1.26 bits per heavy atom. The minimum Gasteiger partial charge on any atom is -0.395 e. The molecule has 6 nitrogen and oxygen atoms in total. The van der Waals surface area contributed by atoms with Crippen molar-refractivity contribution in [3.8, 4) is 0 Å². The van der Waals surface area contributed by atoms with Gasteiger partial charge in [-0.3, -0.25) is 4.79 Å². The Kier molecular flexibility index (Phi) is 4.83. The van der Waals surface area contributed by atoms with Gasteiger partial charge in [0.2, 0.25) is 5.91 Å². The Balaban J connectivity index is 1.64. The molecule has 1 aromatic carbocycles. The van der Waals surface area contributed by atoms with Crippen molar-refractivity contribution in [1.82, 2.24) is 9.97 Å². The van der Waals surface area contributed by atoms with E-state index in [0.29, 0.717) is 25.3 Å². The van der Waals surface area contributed by atoms with Crippen LogP contribution in [0.1, 0.15) is 12.1 Å². The van der Waals surface area contributed by atoms with Crippen LogP contribution in [0.3, 0.4) is 0 Å². The highest BCUT2D eigenvalue weighted by molar-refractivity contribution is 5.95. The molecule has 1 atom stereocenters. The normalized spacial score (nSPS) is 17.5. The van der Waals surface area contributed by atoms with Gasteiger partial charge in [-0.05, 0) is 24.5 Å². The molecule has 1 saturated heterocycles. The molecule has 120 valence electrons. The van der Waals surface area contributed by atoms with E-state index in [4.69, 9.17) is 5.11 Å². The Hall–Kier alpha value is -2.47. The number of aliphatic hydroxyl groups excluding tert-OH is 1. The van der Waals surface area contributed by atoms with E-state index in [9.17, 15) is 4.79 Å². The van der Waals surface area contributed by atoms with Crippen molar-refractivity contribution in [3.63, 3.8) is 0 Å².